The molecule has 10 heavy (non-hydrogen) atoms. The first-order valence-electron chi connectivity index (χ1n) is 3.12. The van der Waals surface area contributed by atoms with Crippen molar-refractivity contribution in [1.29, 1.82) is 0 Å². The maximum atomic E-state index is 10.5. The van der Waals surface area contributed by atoms with Gasteiger partial charge >= 0.3 is 0 Å². The molecular weight excluding hydrogens is 134 g/mol. The van der Waals surface area contributed by atoms with Gasteiger partial charge in [0.15, 0.2) is 0 Å². The van der Waals surface area contributed by atoms with Gasteiger partial charge in [-0.05, 0) is 12.8 Å². The molecule has 5 N–H and O–H groups in total. The highest BCUT2D eigenvalue weighted by atomic mass is 16.6. The molecule has 0 spiro atoms. The lowest BCUT2D eigenvalue weighted by Crippen LogP contribution is -2.29. The number of nitrogens with two attached hydrogens (primary N) is 2. The molecule has 0 saturated carbocycles. The zero-order chi connectivity index (χ0) is 7.82. The van der Waals surface area contributed by atoms with Crippen molar-refractivity contribution in [3.63, 3.8) is 0 Å². The van der Waals surface area contributed by atoms with Crippen LogP contribution in [0.2, 0.25) is 0 Å². The van der Waals surface area contributed by atoms with Gasteiger partial charge in [0.25, 0.3) is 0 Å². The molecule has 5 heteroatoms. The van der Waals surface area contributed by atoms with E-state index in [0.29, 0.717) is 13.0 Å². The van der Waals surface area contributed by atoms with Crippen LogP contribution in [0.5, 0.6) is 0 Å². The van der Waals surface area contributed by atoms with E-state index in [9.17, 15) is 4.79 Å². The van der Waals surface area contributed by atoms with Crippen LogP contribution in [0.25, 0.3) is 0 Å². The van der Waals surface area contributed by atoms with Crippen molar-refractivity contribution < 1.29 is 9.63 Å². The van der Waals surface area contributed by atoms with Crippen LogP contribution in [0.15, 0.2) is 0 Å². The summed E-state index contributed by atoms with van der Waals surface area (Å²) in [6, 6.07) is 0. The fraction of sp³-hybridized carbons (Fsp3) is 0.800. The minimum atomic E-state index is -0.156. The molecule has 0 bridgehead atoms. The highest BCUT2D eigenvalue weighted by molar-refractivity contribution is 5.74. The molecule has 1 amide bonds. The average Bonchev–Trinajstić information content (AvgIpc) is 1.98. The largest absolute Gasteiger partial charge is 0.305 e. The van der Waals surface area contributed by atoms with E-state index in [1.54, 1.807) is 0 Å². The number of unbranched alkanes of at least 4 members (excludes halogenated alkanes) is 1. The lowest BCUT2D eigenvalue weighted by atomic mass is 10.2. The van der Waals surface area contributed by atoms with Crippen LogP contribution in [0.4, 0.5) is 0 Å². The molecule has 0 atom stereocenters. The number of hydrazine groups is 1. The third kappa shape index (κ3) is 5.49. The zero-order valence-corrected chi connectivity index (χ0v) is 5.80. The van der Waals surface area contributed by atoms with Gasteiger partial charge < -0.3 is 4.84 Å². The first kappa shape index (κ1) is 9.35. The number of hydrogen-bond donors (Lipinski definition) is 3. The van der Waals surface area contributed by atoms with Crippen molar-refractivity contribution in [2.75, 3.05) is 6.61 Å². The Morgan fingerprint density at radius 3 is 2.70 bits per heavy atom. The summed E-state index contributed by atoms with van der Waals surface area (Å²) in [5.74, 6) is 9.43. The summed E-state index contributed by atoms with van der Waals surface area (Å²) in [7, 11) is 0. The highest BCUT2D eigenvalue weighted by Crippen LogP contribution is 1.93. The van der Waals surface area contributed by atoms with E-state index >= 15 is 0 Å². The fourth-order valence-electron chi connectivity index (χ4n) is 0.543. The van der Waals surface area contributed by atoms with Crippen molar-refractivity contribution in [2.24, 2.45) is 11.7 Å². The Balaban J connectivity index is 2.96. The maximum absolute atomic E-state index is 10.5. The maximum Gasteiger partial charge on any atom is 0.233 e. The lowest BCUT2D eigenvalue weighted by molar-refractivity contribution is -0.121. The van der Waals surface area contributed by atoms with Crippen LogP contribution < -0.4 is 17.2 Å². The van der Waals surface area contributed by atoms with E-state index in [4.69, 9.17) is 11.7 Å². The van der Waals surface area contributed by atoms with Gasteiger partial charge in [-0.15, -0.1) is 0 Å². The third-order valence-corrected chi connectivity index (χ3v) is 1.08. The average molecular weight is 147 g/mol. The standard InChI is InChI=1S/C5H13N3O2/c6-8-5(9)3-1-2-4-10-7/h1-4,6-7H2,(H,8,9). The summed E-state index contributed by atoms with van der Waals surface area (Å²) in [4.78, 5) is 14.8. The van der Waals surface area contributed by atoms with Gasteiger partial charge in [0.2, 0.25) is 5.91 Å². The molecule has 0 radical (unpaired) electrons. The number of hydrogen-bond acceptors (Lipinski definition) is 4. The monoisotopic (exact) mass is 147 g/mol. The minimum absolute atomic E-state index is 0.156. The van der Waals surface area contributed by atoms with Crippen molar-refractivity contribution in [3.8, 4) is 0 Å². The van der Waals surface area contributed by atoms with Crippen molar-refractivity contribution in [3.05, 3.63) is 0 Å². The quantitative estimate of drug-likeness (QED) is 0.202. The summed E-state index contributed by atoms with van der Waals surface area (Å²) in [5.41, 5.74) is 2.03. The van der Waals surface area contributed by atoms with Gasteiger partial charge in [-0.25, -0.2) is 11.7 Å². The molecule has 0 aromatic rings. The SMILES string of the molecule is NNC(=O)CCCCON. The Bertz CT molecular complexity index is 96.9. The first-order chi connectivity index (χ1) is 4.81. The van der Waals surface area contributed by atoms with Crippen molar-refractivity contribution in [1.82, 2.24) is 5.43 Å². The summed E-state index contributed by atoms with van der Waals surface area (Å²) in [6.45, 7) is 0.484. The van der Waals surface area contributed by atoms with Gasteiger partial charge in [-0.3, -0.25) is 10.2 Å². The van der Waals surface area contributed by atoms with Gasteiger partial charge in [0, 0.05) is 6.42 Å². The first-order valence-corrected chi connectivity index (χ1v) is 3.12. The Hall–Kier alpha value is -0.650. The minimum Gasteiger partial charge on any atom is -0.305 e. The third-order valence-electron chi connectivity index (χ3n) is 1.08. The molecule has 0 aliphatic rings. The molecule has 0 aromatic heterocycles. The molecule has 0 heterocycles. The number of carbonyl (C=O) groups excluding carboxylic acids is 1. The lowest BCUT2D eigenvalue weighted by Gasteiger charge is -1.97. The van der Waals surface area contributed by atoms with E-state index in [1.807, 2.05) is 5.43 Å². The van der Waals surface area contributed by atoms with E-state index in [0.717, 1.165) is 12.8 Å². The van der Waals surface area contributed by atoms with E-state index in [2.05, 4.69) is 4.84 Å². The molecule has 60 valence electrons. The molecule has 0 fully saturated rings. The van der Waals surface area contributed by atoms with Crippen LogP contribution in [0.3, 0.4) is 0 Å². The van der Waals surface area contributed by atoms with Gasteiger partial charge in [-0.2, -0.15) is 0 Å². The van der Waals surface area contributed by atoms with Crippen molar-refractivity contribution in [2.45, 2.75) is 19.3 Å². The Morgan fingerprint density at radius 2 is 2.20 bits per heavy atom. The second kappa shape index (κ2) is 6.47. The predicted octanol–water partition coefficient (Wildman–Crippen LogP) is -0.963. The molecule has 0 aliphatic carbocycles. The van der Waals surface area contributed by atoms with Crippen LogP contribution in [0.1, 0.15) is 19.3 Å². The summed E-state index contributed by atoms with van der Waals surface area (Å²) in [5, 5.41) is 0. The normalized spacial score (nSPS) is 9.40. The predicted molar refractivity (Wildman–Crippen MR) is 36.3 cm³/mol. The molecule has 0 rings (SSSR count). The molecule has 0 aromatic carbocycles. The molecule has 5 nitrogen and oxygen atoms in total. The molecular formula is C5H13N3O2. The van der Waals surface area contributed by atoms with Crippen LogP contribution in [0, 0.1) is 0 Å². The van der Waals surface area contributed by atoms with E-state index in [-0.39, 0.29) is 5.91 Å². The number of rotatable bonds is 5. The number of carbonyl (C=O) groups is 1. The Kier molecular flexibility index (Phi) is 6.05. The smallest absolute Gasteiger partial charge is 0.233 e. The van der Waals surface area contributed by atoms with Gasteiger partial charge in [-0.1, -0.05) is 0 Å². The highest BCUT2D eigenvalue weighted by Gasteiger charge is 1.96. The summed E-state index contributed by atoms with van der Waals surface area (Å²) in [6.07, 6.45) is 1.96. The van der Waals surface area contributed by atoms with Gasteiger partial charge in [0.1, 0.15) is 0 Å². The number of nitrogens with one attached hydrogen (secondary N) is 1. The fourth-order valence-corrected chi connectivity index (χ4v) is 0.543. The van der Waals surface area contributed by atoms with Crippen molar-refractivity contribution >= 4 is 5.91 Å². The second-order valence-electron chi connectivity index (χ2n) is 1.90. The zero-order valence-electron chi connectivity index (χ0n) is 5.80. The van der Waals surface area contributed by atoms with Gasteiger partial charge in [0.05, 0.1) is 6.61 Å². The summed E-state index contributed by atoms with van der Waals surface area (Å²) < 4.78 is 0. The Labute approximate surface area is 59.6 Å². The molecule has 0 unspecified atom stereocenters. The summed E-state index contributed by atoms with van der Waals surface area (Å²) >= 11 is 0. The molecule has 0 saturated heterocycles. The number of amides is 1. The van der Waals surface area contributed by atoms with Crippen LogP contribution >= 0.6 is 0 Å². The second-order valence-corrected chi connectivity index (χ2v) is 1.90. The van der Waals surface area contributed by atoms with Crippen LogP contribution in [-0.2, 0) is 9.63 Å². The topological polar surface area (TPSA) is 90.4 Å². The Morgan fingerprint density at radius 1 is 1.50 bits per heavy atom. The van der Waals surface area contributed by atoms with Crippen LogP contribution in [-0.4, -0.2) is 12.5 Å². The van der Waals surface area contributed by atoms with E-state index in [1.165, 1.54) is 0 Å². The van der Waals surface area contributed by atoms with E-state index < -0.39 is 0 Å². The molecule has 0 aliphatic heterocycles.